The Balaban J connectivity index is 0.000000238. The van der Waals surface area contributed by atoms with Crippen LogP contribution in [0.2, 0.25) is 0 Å². The molecule has 0 amide bonds. The Hall–Kier alpha value is -2.31. The molecule has 0 saturated carbocycles. The number of benzene rings is 3. The quantitative estimate of drug-likeness (QED) is 0.370. The molecule has 3 aliphatic rings. The molecule has 0 bridgehead atoms. The van der Waals surface area contributed by atoms with Crippen LogP contribution in [0.4, 0.5) is 0 Å². The SMILES string of the molecule is CCc1cc(C)cc2c1=C1C=CC(C)(CC)C(C3=CC=CC3)=C1[C-]=2.[Cl-].[Cl-].[Zr+2]=[C](c1ccccc1)c1ccccc1. The first kappa shape index (κ1) is 32.2. The molecular formula is C37H35Cl2Zr-. The number of allylic oxidation sites excluding steroid dienone is 8. The monoisotopic (exact) mass is 639 g/mol. The van der Waals surface area contributed by atoms with Crippen LogP contribution < -0.4 is 35.3 Å². The van der Waals surface area contributed by atoms with Crippen molar-refractivity contribution in [2.75, 3.05) is 0 Å². The Kier molecular flexibility index (Phi) is 11.3. The summed E-state index contributed by atoms with van der Waals surface area (Å²) in [5, 5.41) is 2.70. The van der Waals surface area contributed by atoms with E-state index >= 15 is 0 Å². The van der Waals surface area contributed by atoms with E-state index in [-0.39, 0.29) is 30.2 Å². The van der Waals surface area contributed by atoms with Gasteiger partial charge in [-0.25, -0.2) is 0 Å². The molecule has 0 nitrogen and oxygen atoms in total. The van der Waals surface area contributed by atoms with Crippen molar-refractivity contribution >= 4 is 14.9 Å². The van der Waals surface area contributed by atoms with Gasteiger partial charge in [0, 0.05) is 0 Å². The molecule has 202 valence electrons. The summed E-state index contributed by atoms with van der Waals surface area (Å²) in [5.74, 6) is 0. The third-order valence-corrected chi connectivity index (χ3v) is 9.35. The van der Waals surface area contributed by atoms with Crippen LogP contribution in [0, 0.1) is 12.3 Å². The third kappa shape index (κ3) is 6.44. The molecule has 3 heteroatoms. The Morgan fingerprint density at radius 1 is 0.925 bits per heavy atom. The van der Waals surface area contributed by atoms with Gasteiger partial charge in [-0.2, -0.15) is 0 Å². The number of aryl methyl sites for hydroxylation is 2. The van der Waals surface area contributed by atoms with Crippen molar-refractivity contribution in [3.63, 3.8) is 0 Å². The van der Waals surface area contributed by atoms with E-state index in [0.717, 1.165) is 19.3 Å². The van der Waals surface area contributed by atoms with Gasteiger partial charge in [-0.15, -0.1) is 33.7 Å². The zero-order valence-electron chi connectivity index (χ0n) is 23.7. The van der Waals surface area contributed by atoms with Gasteiger partial charge < -0.3 is 24.8 Å². The summed E-state index contributed by atoms with van der Waals surface area (Å²) in [4.78, 5) is 0. The van der Waals surface area contributed by atoms with Gasteiger partial charge in [0.15, 0.2) is 0 Å². The summed E-state index contributed by atoms with van der Waals surface area (Å²) >= 11 is 1.46. The molecular weight excluding hydrogens is 607 g/mol. The van der Waals surface area contributed by atoms with Crippen molar-refractivity contribution < 1.29 is 49.0 Å². The van der Waals surface area contributed by atoms with Gasteiger partial charge in [0.2, 0.25) is 0 Å². The second kappa shape index (κ2) is 14.0. The van der Waals surface area contributed by atoms with Gasteiger partial charge in [-0.05, 0) is 31.6 Å². The number of halogens is 2. The van der Waals surface area contributed by atoms with Gasteiger partial charge in [0.25, 0.3) is 0 Å². The first-order valence-corrected chi connectivity index (χ1v) is 15.0. The fourth-order valence-electron chi connectivity index (χ4n) is 5.71. The van der Waals surface area contributed by atoms with E-state index in [0.29, 0.717) is 0 Å². The molecule has 0 spiro atoms. The molecule has 0 saturated heterocycles. The standard InChI is InChI=1S/C24H25.C13H10.2ClH.Zr/c1-5-17-13-16(3)14-19-15-21-20(22(17)19)11-12-24(4,6-2)23(21)18-9-7-8-10-18;1-3-7-12(8-4-1)11-13-9-5-2-6-10-13;;;/h7-9,11-14H,5-6,10H2,1-4H3;1-10H;2*1H;/q-1;;;;+2/p-2. The van der Waals surface area contributed by atoms with E-state index in [4.69, 9.17) is 0 Å². The van der Waals surface area contributed by atoms with E-state index in [1.807, 2.05) is 0 Å². The van der Waals surface area contributed by atoms with Gasteiger partial charge in [0.05, 0.1) is 0 Å². The van der Waals surface area contributed by atoms with Crippen LogP contribution >= 0.6 is 0 Å². The Bertz CT molecular complexity index is 1580. The van der Waals surface area contributed by atoms with Crippen LogP contribution in [0.5, 0.6) is 0 Å². The molecule has 0 aromatic heterocycles. The van der Waals surface area contributed by atoms with Gasteiger partial charge in [-0.1, -0.05) is 79.5 Å². The van der Waals surface area contributed by atoms with E-state index in [2.05, 4.69) is 137 Å². The second-order valence-electron chi connectivity index (χ2n) is 10.5. The topological polar surface area (TPSA) is 0 Å². The average Bonchev–Trinajstić information content (AvgIpc) is 3.61. The predicted molar refractivity (Wildman–Crippen MR) is 159 cm³/mol. The van der Waals surface area contributed by atoms with E-state index < -0.39 is 0 Å². The number of hydrogen-bond acceptors (Lipinski definition) is 0. The molecule has 0 fully saturated rings. The van der Waals surface area contributed by atoms with Crippen molar-refractivity contribution in [3.8, 4) is 0 Å². The van der Waals surface area contributed by atoms with Crippen molar-refractivity contribution in [3.05, 3.63) is 153 Å². The predicted octanol–water partition coefficient (Wildman–Crippen LogP) is 1.36. The van der Waals surface area contributed by atoms with Crippen LogP contribution in [0.15, 0.2) is 120 Å². The first-order chi connectivity index (χ1) is 18.4. The molecule has 6 rings (SSSR count). The summed E-state index contributed by atoms with van der Waals surface area (Å²) in [5.41, 5.74) is 11.2. The summed E-state index contributed by atoms with van der Waals surface area (Å²) in [6.45, 7) is 9.11. The Morgan fingerprint density at radius 2 is 1.55 bits per heavy atom. The molecule has 1 atom stereocenters. The summed E-state index contributed by atoms with van der Waals surface area (Å²) in [6, 6.07) is 25.7. The molecule has 40 heavy (non-hydrogen) atoms. The van der Waals surface area contributed by atoms with E-state index in [1.165, 1.54) is 82.4 Å². The van der Waals surface area contributed by atoms with Gasteiger partial charge in [0.1, 0.15) is 0 Å². The minimum atomic E-state index is 0. The molecule has 3 aromatic carbocycles. The van der Waals surface area contributed by atoms with Crippen LogP contribution in [0.25, 0.3) is 11.6 Å². The van der Waals surface area contributed by atoms with Crippen LogP contribution in [-0.2, 0) is 30.7 Å². The maximum absolute atomic E-state index is 3.79. The molecule has 0 aliphatic heterocycles. The van der Waals surface area contributed by atoms with Crippen LogP contribution in [0.1, 0.15) is 55.9 Å². The zero-order chi connectivity index (χ0) is 26.7. The van der Waals surface area contributed by atoms with Crippen LogP contribution in [-0.4, -0.2) is 3.21 Å². The summed E-state index contributed by atoms with van der Waals surface area (Å²) < 4.78 is 1.42. The fraction of sp³-hybridized carbons (Fsp3) is 0.216. The Labute approximate surface area is 267 Å². The third-order valence-electron chi connectivity index (χ3n) is 7.93. The molecule has 3 aromatic rings. The fourth-order valence-corrected chi connectivity index (χ4v) is 6.53. The van der Waals surface area contributed by atoms with E-state index in [9.17, 15) is 0 Å². The normalized spacial score (nSPS) is 17.9. The molecule has 1 unspecified atom stereocenters. The van der Waals surface area contributed by atoms with Crippen molar-refractivity contribution in [1.82, 2.24) is 0 Å². The molecule has 0 N–H and O–H groups in total. The second-order valence-corrected chi connectivity index (χ2v) is 11.8. The van der Waals surface area contributed by atoms with Gasteiger partial charge >= 0.3 is 99.2 Å². The molecule has 0 heterocycles. The van der Waals surface area contributed by atoms with Gasteiger partial charge in [-0.3, -0.25) is 0 Å². The number of rotatable bonds is 5. The molecule has 0 radical (unpaired) electrons. The minimum absolute atomic E-state index is 0. The summed E-state index contributed by atoms with van der Waals surface area (Å²) in [6.07, 6.45) is 18.6. The average molecular weight is 642 g/mol. The maximum atomic E-state index is 3.79. The zero-order valence-corrected chi connectivity index (χ0v) is 27.7. The van der Waals surface area contributed by atoms with Crippen molar-refractivity contribution in [1.29, 1.82) is 0 Å². The number of fused-ring (bicyclic) bond motifs is 2. The summed E-state index contributed by atoms with van der Waals surface area (Å²) in [7, 11) is 0. The Morgan fingerprint density at radius 3 is 2.08 bits per heavy atom. The van der Waals surface area contributed by atoms with Crippen molar-refractivity contribution in [2.45, 2.75) is 47.0 Å². The first-order valence-electron chi connectivity index (χ1n) is 13.7. The van der Waals surface area contributed by atoms with Crippen molar-refractivity contribution in [2.24, 2.45) is 5.41 Å². The number of hydrogen-bond donors (Lipinski definition) is 0. The van der Waals surface area contributed by atoms with Crippen LogP contribution in [0.3, 0.4) is 0 Å². The van der Waals surface area contributed by atoms with E-state index in [1.54, 1.807) is 0 Å². The molecule has 3 aliphatic carbocycles.